The topological polar surface area (TPSA) is 83.7 Å². The van der Waals surface area contributed by atoms with Crippen molar-refractivity contribution < 1.29 is 23.0 Å². The van der Waals surface area contributed by atoms with Crippen molar-refractivity contribution in [2.45, 2.75) is 57.5 Å². The maximum atomic E-state index is 13.6. The summed E-state index contributed by atoms with van der Waals surface area (Å²) in [6.45, 7) is 7.22. The number of aliphatic hydroxyl groups is 1. The summed E-state index contributed by atoms with van der Waals surface area (Å²) in [5.74, 6) is 0.373. The van der Waals surface area contributed by atoms with Crippen LogP contribution in [0.25, 0.3) is 0 Å². The SMILES string of the molecule is CCNC(=NCCC(O)(c1nccn1C)C(F)(F)F)NC1C2CCOC2C1(C)C.I. The molecule has 0 amide bonds. The number of aliphatic imine (C=N–C) groups is 1. The van der Waals surface area contributed by atoms with Crippen molar-refractivity contribution in [1.82, 2.24) is 20.2 Å². The average molecular weight is 545 g/mol. The molecule has 2 heterocycles. The van der Waals surface area contributed by atoms with Gasteiger partial charge in [-0.15, -0.1) is 24.0 Å². The van der Waals surface area contributed by atoms with E-state index in [0.29, 0.717) is 18.4 Å². The molecule has 172 valence electrons. The Hall–Kier alpha value is -1.08. The first-order valence-corrected chi connectivity index (χ1v) is 9.95. The van der Waals surface area contributed by atoms with E-state index in [4.69, 9.17) is 4.74 Å². The van der Waals surface area contributed by atoms with Gasteiger partial charge in [-0.1, -0.05) is 13.8 Å². The summed E-state index contributed by atoms with van der Waals surface area (Å²) >= 11 is 0. The van der Waals surface area contributed by atoms with Gasteiger partial charge in [-0.3, -0.25) is 4.99 Å². The first kappa shape index (κ1) is 25.2. The zero-order valence-corrected chi connectivity index (χ0v) is 20.0. The molecule has 0 spiro atoms. The van der Waals surface area contributed by atoms with Crippen molar-refractivity contribution in [3.63, 3.8) is 0 Å². The van der Waals surface area contributed by atoms with Crippen LogP contribution < -0.4 is 10.6 Å². The fraction of sp³-hybridized carbons (Fsp3) is 0.789. The molecule has 1 aromatic heterocycles. The summed E-state index contributed by atoms with van der Waals surface area (Å²) in [6, 6.07) is 0.129. The Kier molecular flexibility index (Phi) is 7.71. The van der Waals surface area contributed by atoms with E-state index in [1.165, 1.54) is 24.0 Å². The Balaban J connectivity index is 0.00000320. The number of halogens is 4. The monoisotopic (exact) mass is 545 g/mol. The van der Waals surface area contributed by atoms with Crippen molar-refractivity contribution in [2.24, 2.45) is 23.4 Å². The van der Waals surface area contributed by atoms with E-state index in [-0.39, 0.29) is 48.1 Å². The molecule has 4 atom stereocenters. The van der Waals surface area contributed by atoms with Crippen LogP contribution in [0.2, 0.25) is 0 Å². The Bertz CT molecular complexity index is 755. The number of imidazole rings is 1. The molecule has 0 aromatic carbocycles. The summed E-state index contributed by atoms with van der Waals surface area (Å²) in [6.07, 6.45) is -1.72. The number of hydrogen-bond donors (Lipinski definition) is 3. The lowest BCUT2D eigenvalue weighted by molar-refractivity contribution is -0.272. The Morgan fingerprint density at radius 2 is 2.13 bits per heavy atom. The number of ether oxygens (including phenoxy) is 1. The number of fused-ring (bicyclic) bond motifs is 1. The van der Waals surface area contributed by atoms with Crippen molar-refractivity contribution in [1.29, 1.82) is 0 Å². The first-order chi connectivity index (χ1) is 13.5. The van der Waals surface area contributed by atoms with Gasteiger partial charge in [0.05, 0.1) is 6.10 Å². The van der Waals surface area contributed by atoms with Gasteiger partial charge in [0, 0.05) is 62.9 Å². The molecule has 0 bridgehead atoms. The minimum atomic E-state index is -4.86. The molecule has 30 heavy (non-hydrogen) atoms. The summed E-state index contributed by atoms with van der Waals surface area (Å²) in [5, 5.41) is 16.9. The van der Waals surface area contributed by atoms with E-state index in [2.05, 4.69) is 34.5 Å². The van der Waals surface area contributed by atoms with E-state index >= 15 is 0 Å². The van der Waals surface area contributed by atoms with Gasteiger partial charge in [-0.2, -0.15) is 13.2 Å². The van der Waals surface area contributed by atoms with E-state index in [1.807, 2.05) is 6.92 Å². The maximum Gasteiger partial charge on any atom is 0.424 e. The van der Waals surface area contributed by atoms with Crippen LogP contribution in [0, 0.1) is 11.3 Å². The van der Waals surface area contributed by atoms with Crippen LogP contribution in [0.1, 0.15) is 39.4 Å². The van der Waals surface area contributed by atoms with Crippen molar-refractivity contribution in [3.8, 4) is 0 Å². The molecule has 1 saturated carbocycles. The number of alkyl halides is 3. The third kappa shape index (κ3) is 4.43. The number of aromatic nitrogens is 2. The number of rotatable bonds is 6. The Morgan fingerprint density at radius 3 is 2.70 bits per heavy atom. The van der Waals surface area contributed by atoms with Gasteiger partial charge in [0.2, 0.25) is 5.60 Å². The molecule has 3 N–H and O–H groups in total. The molecule has 1 aromatic rings. The summed E-state index contributed by atoms with van der Waals surface area (Å²) in [7, 11) is 1.42. The molecule has 2 fully saturated rings. The predicted octanol–water partition coefficient (Wildman–Crippen LogP) is 2.55. The highest BCUT2D eigenvalue weighted by Gasteiger charge is 2.60. The molecule has 1 aliphatic heterocycles. The van der Waals surface area contributed by atoms with Crippen LogP contribution in [-0.4, -0.2) is 58.6 Å². The fourth-order valence-electron chi connectivity index (χ4n) is 4.56. The highest BCUT2D eigenvalue weighted by atomic mass is 127. The fourth-order valence-corrected chi connectivity index (χ4v) is 4.56. The van der Waals surface area contributed by atoms with E-state index in [0.717, 1.165) is 13.0 Å². The van der Waals surface area contributed by atoms with Gasteiger partial charge >= 0.3 is 6.18 Å². The molecule has 1 saturated heterocycles. The molecule has 7 nitrogen and oxygen atoms in total. The molecule has 1 aliphatic carbocycles. The van der Waals surface area contributed by atoms with Gasteiger partial charge in [0.1, 0.15) is 5.82 Å². The minimum Gasteiger partial charge on any atom is -0.377 e. The molecule has 3 rings (SSSR count). The standard InChI is InChI=1S/C19H30F3N5O2.HI/c1-5-23-16(26-13-12-6-11-29-14(12)17(13,2)3)25-8-7-18(28,19(20,21)22)15-24-9-10-27(15)4;/h9-10,12-14,28H,5-8,11H2,1-4H3,(H2,23,25,26);1H. The quantitative estimate of drug-likeness (QED) is 0.291. The van der Waals surface area contributed by atoms with Gasteiger partial charge in [0.25, 0.3) is 0 Å². The second-order valence-corrected chi connectivity index (χ2v) is 8.42. The largest absolute Gasteiger partial charge is 0.424 e. The van der Waals surface area contributed by atoms with Crippen LogP contribution in [0.4, 0.5) is 13.2 Å². The zero-order valence-electron chi connectivity index (χ0n) is 17.7. The smallest absolute Gasteiger partial charge is 0.377 e. The third-order valence-electron chi connectivity index (χ3n) is 6.14. The van der Waals surface area contributed by atoms with Gasteiger partial charge in [-0.05, 0) is 13.3 Å². The van der Waals surface area contributed by atoms with Crippen LogP contribution in [0.5, 0.6) is 0 Å². The number of aryl methyl sites for hydroxylation is 1. The molecular formula is C19H31F3IN5O2. The molecule has 4 unspecified atom stereocenters. The zero-order chi connectivity index (χ0) is 21.4. The van der Waals surface area contributed by atoms with Gasteiger partial charge < -0.3 is 25.0 Å². The predicted molar refractivity (Wildman–Crippen MR) is 118 cm³/mol. The number of nitrogens with zero attached hydrogens (tertiary/aromatic N) is 3. The lowest BCUT2D eigenvalue weighted by Crippen LogP contribution is -2.68. The normalized spacial score (nSPS) is 27.5. The van der Waals surface area contributed by atoms with Crippen LogP contribution in [0.3, 0.4) is 0 Å². The van der Waals surface area contributed by atoms with E-state index in [9.17, 15) is 18.3 Å². The van der Waals surface area contributed by atoms with Gasteiger partial charge in [0.15, 0.2) is 5.96 Å². The second kappa shape index (κ2) is 9.19. The molecule has 2 aliphatic rings. The molecule has 11 heteroatoms. The minimum absolute atomic E-state index is 0. The second-order valence-electron chi connectivity index (χ2n) is 8.42. The average Bonchev–Trinajstić information content (AvgIpc) is 3.26. The highest BCUT2D eigenvalue weighted by molar-refractivity contribution is 14.0. The van der Waals surface area contributed by atoms with Gasteiger partial charge in [-0.25, -0.2) is 4.98 Å². The maximum absolute atomic E-state index is 13.6. The Labute approximate surface area is 191 Å². The van der Waals surface area contributed by atoms with Crippen molar-refractivity contribution in [2.75, 3.05) is 19.7 Å². The first-order valence-electron chi connectivity index (χ1n) is 9.95. The van der Waals surface area contributed by atoms with Crippen LogP contribution in [0.15, 0.2) is 17.4 Å². The van der Waals surface area contributed by atoms with Crippen molar-refractivity contribution in [3.05, 3.63) is 18.2 Å². The highest BCUT2D eigenvalue weighted by Crippen LogP contribution is 2.52. The number of nitrogens with one attached hydrogen (secondary N) is 2. The molecule has 0 radical (unpaired) electrons. The summed E-state index contributed by atoms with van der Waals surface area (Å²) in [4.78, 5) is 8.02. The van der Waals surface area contributed by atoms with E-state index in [1.54, 1.807) is 0 Å². The van der Waals surface area contributed by atoms with Crippen molar-refractivity contribution >= 4 is 29.9 Å². The lowest BCUT2D eigenvalue weighted by atomic mass is 9.57. The van der Waals surface area contributed by atoms with Crippen LogP contribution >= 0.6 is 24.0 Å². The number of hydrogen-bond acceptors (Lipinski definition) is 4. The Morgan fingerprint density at radius 1 is 1.43 bits per heavy atom. The summed E-state index contributed by atoms with van der Waals surface area (Å²) < 4.78 is 47.9. The van der Waals surface area contributed by atoms with Crippen LogP contribution in [-0.2, 0) is 17.4 Å². The third-order valence-corrected chi connectivity index (χ3v) is 6.14. The van der Waals surface area contributed by atoms with E-state index < -0.39 is 24.0 Å². The molecular weight excluding hydrogens is 514 g/mol. The summed E-state index contributed by atoms with van der Waals surface area (Å²) in [5.41, 5.74) is -3.15. The number of guanidine groups is 1. The lowest BCUT2D eigenvalue weighted by Gasteiger charge is -2.54.